The third-order valence-corrected chi connectivity index (χ3v) is 4.41. The number of esters is 3. The van der Waals surface area contributed by atoms with Crippen molar-refractivity contribution >= 4 is 23.7 Å². The van der Waals surface area contributed by atoms with Crippen molar-refractivity contribution in [2.24, 2.45) is 0 Å². The molecule has 3 rings (SSSR count). The molecule has 0 aliphatic carbocycles. The number of rotatable bonds is 5. The third kappa shape index (κ3) is 4.64. The Hall–Kier alpha value is -4.08. The molecule has 10 nitrogen and oxygen atoms in total. The van der Waals surface area contributed by atoms with Gasteiger partial charge in [0, 0.05) is 38.5 Å². The molecule has 10 heteroatoms. The molecule has 0 amide bonds. The number of hydrogen-bond donors (Lipinski definition) is 1. The van der Waals surface area contributed by atoms with E-state index in [1.807, 2.05) is 0 Å². The molecule has 0 saturated carbocycles. The molecule has 1 heterocycles. The zero-order valence-corrected chi connectivity index (χ0v) is 17.7. The number of aromatic hydroxyl groups is 1. The highest BCUT2D eigenvalue weighted by Gasteiger charge is 2.43. The normalized spacial score (nSPS) is 16.9. The first-order valence-corrected chi connectivity index (χ1v) is 9.40. The topological polar surface area (TPSA) is 135 Å². The van der Waals surface area contributed by atoms with Gasteiger partial charge in [0.1, 0.15) is 22.8 Å². The van der Waals surface area contributed by atoms with E-state index in [1.165, 1.54) is 45.2 Å². The quantitative estimate of drug-likeness (QED) is 0.541. The molecule has 0 saturated heterocycles. The van der Waals surface area contributed by atoms with Crippen LogP contribution in [-0.4, -0.2) is 42.0 Å². The summed E-state index contributed by atoms with van der Waals surface area (Å²) in [6, 6.07) is 6.78. The fourth-order valence-electron chi connectivity index (χ4n) is 3.26. The van der Waals surface area contributed by atoms with Crippen LogP contribution in [0.5, 0.6) is 28.7 Å². The number of phenols is 1. The molecule has 2 aromatic carbocycles. The summed E-state index contributed by atoms with van der Waals surface area (Å²) in [7, 11) is 1.36. The van der Waals surface area contributed by atoms with Crippen molar-refractivity contribution in [3.8, 4) is 28.7 Å². The van der Waals surface area contributed by atoms with Crippen molar-refractivity contribution in [1.29, 1.82) is 0 Å². The molecule has 168 valence electrons. The average molecular weight is 444 g/mol. The van der Waals surface area contributed by atoms with Crippen LogP contribution in [-0.2, 0) is 19.1 Å². The van der Waals surface area contributed by atoms with Crippen molar-refractivity contribution in [3.05, 3.63) is 41.5 Å². The van der Waals surface area contributed by atoms with Crippen LogP contribution in [0.3, 0.4) is 0 Å². The van der Waals surface area contributed by atoms with Gasteiger partial charge in [-0.2, -0.15) is 0 Å². The molecule has 0 spiro atoms. The van der Waals surface area contributed by atoms with E-state index in [0.717, 1.165) is 13.0 Å². The van der Waals surface area contributed by atoms with Crippen LogP contribution in [0.15, 0.2) is 30.3 Å². The number of hydrogen-bond acceptors (Lipinski definition) is 10. The number of carbonyl (C=O) groups excluding carboxylic acids is 4. The molecule has 1 aliphatic heterocycles. The first kappa shape index (κ1) is 22.6. The Bertz CT molecular complexity index is 1100. The maximum atomic E-state index is 13.1. The van der Waals surface area contributed by atoms with Gasteiger partial charge in [-0.25, -0.2) is 0 Å². The molecule has 2 atom stereocenters. The Balaban J connectivity index is 2.09. The number of Topliss-reactive ketones (excluding diaryl/α,β-unsaturated/α-hetero) is 1. The van der Waals surface area contributed by atoms with Crippen molar-refractivity contribution in [1.82, 2.24) is 0 Å². The van der Waals surface area contributed by atoms with Crippen LogP contribution < -0.4 is 18.9 Å². The van der Waals surface area contributed by atoms with Crippen LogP contribution in [0.4, 0.5) is 0 Å². The molecule has 32 heavy (non-hydrogen) atoms. The van der Waals surface area contributed by atoms with Gasteiger partial charge < -0.3 is 28.8 Å². The number of ether oxygens (including phenoxy) is 5. The van der Waals surface area contributed by atoms with Crippen LogP contribution in [0.2, 0.25) is 0 Å². The molecule has 1 N–H and O–H groups in total. The van der Waals surface area contributed by atoms with Gasteiger partial charge in [-0.05, 0) is 12.1 Å². The molecular formula is C22H20O10. The van der Waals surface area contributed by atoms with E-state index >= 15 is 0 Å². The largest absolute Gasteiger partial charge is 0.507 e. The minimum Gasteiger partial charge on any atom is -0.507 e. The molecule has 2 aromatic rings. The number of ketones is 1. The Morgan fingerprint density at radius 2 is 1.62 bits per heavy atom. The molecule has 0 radical (unpaired) electrons. The number of carbonyl (C=O) groups is 4. The van der Waals surface area contributed by atoms with Gasteiger partial charge in [-0.3, -0.25) is 19.2 Å². The van der Waals surface area contributed by atoms with Crippen molar-refractivity contribution in [3.63, 3.8) is 0 Å². The summed E-state index contributed by atoms with van der Waals surface area (Å²) in [6.07, 6.45) is -2.55. The Labute approximate surface area is 182 Å². The van der Waals surface area contributed by atoms with Gasteiger partial charge in [0.05, 0.1) is 7.11 Å². The second-order valence-corrected chi connectivity index (χ2v) is 6.85. The lowest BCUT2D eigenvalue weighted by Gasteiger charge is -2.32. The van der Waals surface area contributed by atoms with E-state index < -0.39 is 41.6 Å². The highest BCUT2D eigenvalue weighted by molar-refractivity contribution is 6.06. The van der Waals surface area contributed by atoms with Crippen LogP contribution in [0.25, 0.3) is 0 Å². The van der Waals surface area contributed by atoms with E-state index in [4.69, 9.17) is 23.7 Å². The minimum absolute atomic E-state index is 0.0333. The summed E-state index contributed by atoms with van der Waals surface area (Å²) >= 11 is 0. The van der Waals surface area contributed by atoms with E-state index in [9.17, 15) is 24.3 Å². The van der Waals surface area contributed by atoms with Gasteiger partial charge in [-0.15, -0.1) is 0 Å². The SMILES string of the molecule is COc1cc([C@H]2Oc3cc(OC(C)=O)cc(O)c3C(=O)[C@@H]2OC(C)=O)ccc1OC(C)=O. The second-order valence-electron chi connectivity index (χ2n) is 6.85. The summed E-state index contributed by atoms with van der Waals surface area (Å²) in [5.41, 5.74) is 0.146. The Morgan fingerprint density at radius 1 is 0.938 bits per heavy atom. The summed E-state index contributed by atoms with van der Waals surface area (Å²) in [5.74, 6) is -2.91. The highest BCUT2D eigenvalue weighted by Crippen LogP contribution is 2.44. The lowest BCUT2D eigenvalue weighted by atomic mass is 9.92. The highest BCUT2D eigenvalue weighted by atomic mass is 16.6. The minimum atomic E-state index is -1.42. The van der Waals surface area contributed by atoms with Crippen LogP contribution in [0.1, 0.15) is 42.8 Å². The lowest BCUT2D eigenvalue weighted by Crippen LogP contribution is -2.39. The van der Waals surface area contributed by atoms with Crippen LogP contribution >= 0.6 is 0 Å². The van der Waals surface area contributed by atoms with E-state index in [2.05, 4.69) is 0 Å². The smallest absolute Gasteiger partial charge is 0.308 e. The Morgan fingerprint density at radius 3 is 2.22 bits per heavy atom. The zero-order valence-electron chi connectivity index (χ0n) is 17.7. The molecule has 0 unspecified atom stereocenters. The number of fused-ring (bicyclic) bond motifs is 1. The van der Waals surface area contributed by atoms with Crippen molar-refractivity contribution in [2.45, 2.75) is 33.0 Å². The molecule has 0 aromatic heterocycles. The average Bonchev–Trinajstić information content (AvgIpc) is 2.68. The second kappa shape index (κ2) is 8.96. The monoisotopic (exact) mass is 444 g/mol. The maximum absolute atomic E-state index is 13.1. The molecule has 0 bridgehead atoms. The number of phenolic OH excluding ortho intramolecular Hbond substituents is 1. The van der Waals surface area contributed by atoms with Gasteiger partial charge in [0.2, 0.25) is 11.9 Å². The summed E-state index contributed by atoms with van der Waals surface area (Å²) < 4.78 is 26.4. The van der Waals surface area contributed by atoms with Gasteiger partial charge in [0.15, 0.2) is 17.6 Å². The number of benzene rings is 2. The van der Waals surface area contributed by atoms with Gasteiger partial charge in [0.25, 0.3) is 0 Å². The summed E-state index contributed by atoms with van der Waals surface area (Å²) in [6.45, 7) is 3.55. The van der Waals surface area contributed by atoms with Crippen molar-refractivity contribution in [2.75, 3.05) is 7.11 Å². The predicted octanol–water partition coefficient (Wildman–Crippen LogP) is 2.50. The maximum Gasteiger partial charge on any atom is 0.308 e. The Kier molecular flexibility index (Phi) is 6.33. The first-order valence-electron chi connectivity index (χ1n) is 9.40. The van der Waals surface area contributed by atoms with Crippen molar-refractivity contribution < 1.29 is 48.0 Å². The predicted molar refractivity (Wildman–Crippen MR) is 107 cm³/mol. The molecular weight excluding hydrogens is 424 g/mol. The fraction of sp³-hybridized carbons (Fsp3) is 0.273. The standard InChI is InChI=1S/C22H20O10/c1-10(23)29-14-8-15(26)19-18(9-14)32-21(22(20(19)27)31-12(3)25)13-5-6-16(30-11(2)24)17(7-13)28-4/h5-9,21-22,26H,1-4H3/t21-,22+/m1/s1. The zero-order chi connectivity index (χ0) is 23.6. The van der Waals surface area contributed by atoms with E-state index in [1.54, 1.807) is 0 Å². The number of methoxy groups -OCH3 is 1. The van der Waals surface area contributed by atoms with E-state index in [-0.39, 0.29) is 28.6 Å². The summed E-state index contributed by atoms with van der Waals surface area (Å²) in [5, 5.41) is 10.3. The van der Waals surface area contributed by atoms with Gasteiger partial charge in [-0.1, -0.05) is 6.07 Å². The van der Waals surface area contributed by atoms with Gasteiger partial charge >= 0.3 is 17.9 Å². The van der Waals surface area contributed by atoms with E-state index in [0.29, 0.717) is 5.56 Å². The molecule has 1 aliphatic rings. The molecule has 0 fully saturated rings. The van der Waals surface area contributed by atoms with Crippen LogP contribution in [0, 0.1) is 0 Å². The summed E-state index contributed by atoms with van der Waals surface area (Å²) in [4.78, 5) is 47.4. The first-order chi connectivity index (χ1) is 15.1. The third-order valence-electron chi connectivity index (χ3n) is 4.41. The fourth-order valence-corrected chi connectivity index (χ4v) is 3.26. The lowest BCUT2D eigenvalue weighted by molar-refractivity contribution is -0.149.